The minimum atomic E-state index is -0.200. The van der Waals surface area contributed by atoms with Crippen molar-refractivity contribution in [1.29, 1.82) is 0 Å². The molecule has 0 bridgehead atoms. The first-order valence-electron chi connectivity index (χ1n) is 6.08. The fourth-order valence-corrected chi connectivity index (χ4v) is 2.47. The number of hydrogen-bond acceptors (Lipinski definition) is 5. The molecule has 98 valence electrons. The fourth-order valence-electron chi connectivity index (χ4n) is 1.72. The van der Waals surface area contributed by atoms with Crippen LogP contribution in [0.3, 0.4) is 0 Å². The van der Waals surface area contributed by atoms with Gasteiger partial charge in [-0.1, -0.05) is 11.8 Å². The number of ether oxygens (including phenoxy) is 1. The first kappa shape index (κ1) is 13.3. The van der Waals surface area contributed by atoms with Crippen molar-refractivity contribution in [2.45, 2.75) is 36.3 Å². The summed E-state index contributed by atoms with van der Waals surface area (Å²) >= 11 is 1.36. The highest BCUT2D eigenvalue weighted by atomic mass is 32.2. The van der Waals surface area contributed by atoms with Crippen molar-refractivity contribution in [3.63, 3.8) is 0 Å². The molecule has 1 fully saturated rings. The van der Waals surface area contributed by atoms with E-state index in [4.69, 9.17) is 4.74 Å². The van der Waals surface area contributed by atoms with Crippen LogP contribution in [0.1, 0.15) is 19.8 Å². The fraction of sp³-hybridized carbons (Fsp3) is 0.583. The van der Waals surface area contributed by atoms with Gasteiger partial charge in [-0.15, -0.1) is 0 Å². The summed E-state index contributed by atoms with van der Waals surface area (Å²) in [5.74, 6) is 0.00273. The first-order chi connectivity index (χ1) is 8.75. The summed E-state index contributed by atoms with van der Waals surface area (Å²) < 4.78 is 5.46. The van der Waals surface area contributed by atoms with Gasteiger partial charge < -0.3 is 10.1 Å². The summed E-state index contributed by atoms with van der Waals surface area (Å²) in [4.78, 5) is 20.0. The third kappa shape index (κ3) is 3.96. The normalized spacial score (nSPS) is 20.6. The van der Waals surface area contributed by atoms with Gasteiger partial charge in [0.1, 0.15) is 0 Å². The van der Waals surface area contributed by atoms with Crippen LogP contribution in [0.5, 0.6) is 0 Å². The highest BCUT2D eigenvalue weighted by molar-refractivity contribution is 8.00. The Kier molecular flexibility index (Phi) is 4.95. The second kappa shape index (κ2) is 6.70. The highest BCUT2D eigenvalue weighted by Crippen LogP contribution is 2.18. The average molecular weight is 267 g/mol. The molecule has 1 aromatic heterocycles. The van der Waals surface area contributed by atoms with Crippen LogP contribution in [0.15, 0.2) is 23.6 Å². The number of rotatable bonds is 5. The zero-order chi connectivity index (χ0) is 12.8. The number of hydrogen-bond donors (Lipinski definition) is 1. The molecule has 2 heterocycles. The molecular weight excluding hydrogens is 250 g/mol. The van der Waals surface area contributed by atoms with Gasteiger partial charge in [0.25, 0.3) is 0 Å². The number of amides is 1. The van der Waals surface area contributed by atoms with Crippen molar-refractivity contribution in [2.24, 2.45) is 0 Å². The molecule has 5 nitrogen and oxygen atoms in total. The minimum absolute atomic E-state index is 0.00273. The van der Waals surface area contributed by atoms with Gasteiger partial charge in [-0.25, -0.2) is 9.97 Å². The molecule has 0 radical (unpaired) electrons. The number of thioether (sulfide) groups is 1. The molecule has 1 aliphatic rings. The van der Waals surface area contributed by atoms with E-state index in [9.17, 15) is 4.79 Å². The summed E-state index contributed by atoms with van der Waals surface area (Å²) in [6, 6.07) is 1.76. The summed E-state index contributed by atoms with van der Waals surface area (Å²) in [6.45, 7) is 3.26. The molecule has 18 heavy (non-hydrogen) atoms. The van der Waals surface area contributed by atoms with Crippen molar-refractivity contribution in [2.75, 3.05) is 13.2 Å². The lowest BCUT2D eigenvalue weighted by Crippen LogP contribution is -2.36. The van der Waals surface area contributed by atoms with Gasteiger partial charge in [-0.2, -0.15) is 0 Å². The molecule has 2 rings (SSSR count). The van der Waals surface area contributed by atoms with Crippen molar-refractivity contribution >= 4 is 17.7 Å². The molecule has 0 aliphatic carbocycles. The number of nitrogens with one attached hydrogen (secondary N) is 1. The lowest BCUT2D eigenvalue weighted by molar-refractivity contribution is -0.120. The molecule has 1 aliphatic heterocycles. The molecule has 0 saturated carbocycles. The highest BCUT2D eigenvalue weighted by Gasteiger charge is 2.19. The van der Waals surface area contributed by atoms with Crippen LogP contribution >= 0.6 is 11.8 Å². The maximum absolute atomic E-state index is 11.9. The number of carbonyl (C=O) groups excluding carboxylic acids is 1. The van der Waals surface area contributed by atoms with E-state index < -0.39 is 0 Å². The number of nitrogens with zero attached hydrogens (tertiary/aromatic N) is 2. The predicted octanol–water partition coefficient (Wildman–Crippen LogP) is 1.25. The van der Waals surface area contributed by atoms with Crippen molar-refractivity contribution in [1.82, 2.24) is 15.3 Å². The molecule has 0 aromatic carbocycles. The Bertz CT molecular complexity index is 382. The molecule has 1 amide bonds. The molecule has 6 heteroatoms. The van der Waals surface area contributed by atoms with Gasteiger partial charge >= 0.3 is 0 Å². The van der Waals surface area contributed by atoms with Gasteiger partial charge in [-0.3, -0.25) is 4.79 Å². The number of carbonyl (C=O) groups is 1. The molecule has 0 spiro atoms. The van der Waals surface area contributed by atoms with Crippen LogP contribution < -0.4 is 5.32 Å². The second-order valence-electron chi connectivity index (χ2n) is 4.17. The molecule has 0 unspecified atom stereocenters. The van der Waals surface area contributed by atoms with Crippen LogP contribution in [0.4, 0.5) is 0 Å². The topological polar surface area (TPSA) is 64.1 Å². The Labute approximate surface area is 111 Å². The largest absolute Gasteiger partial charge is 0.376 e. The summed E-state index contributed by atoms with van der Waals surface area (Å²) in [5.41, 5.74) is 0. The minimum Gasteiger partial charge on any atom is -0.376 e. The van der Waals surface area contributed by atoms with E-state index in [2.05, 4.69) is 15.3 Å². The van der Waals surface area contributed by atoms with Crippen molar-refractivity contribution < 1.29 is 9.53 Å². The van der Waals surface area contributed by atoms with Gasteiger partial charge in [0.2, 0.25) is 5.91 Å². The third-order valence-corrected chi connectivity index (χ3v) is 3.71. The van der Waals surface area contributed by atoms with Crippen LogP contribution in [-0.2, 0) is 9.53 Å². The lowest BCUT2D eigenvalue weighted by atomic mass is 10.2. The second-order valence-corrected chi connectivity index (χ2v) is 5.48. The maximum Gasteiger partial charge on any atom is 0.233 e. The van der Waals surface area contributed by atoms with Crippen LogP contribution in [0, 0.1) is 0 Å². The molecule has 1 saturated heterocycles. The van der Waals surface area contributed by atoms with E-state index in [1.165, 1.54) is 11.8 Å². The van der Waals surface area contributed by atoms with E-state index >= 15 is 0 Å². The Morgan fingerprint density at radius 2 is 2.39 bits per heavy atom. The van der Waals surface area contributed by atoms with E-state index in [0.29, 0.717) is 11.7 Å². The SMILES string of the molecule is C[C@H](Sc1ncccn1)C(=O)NC[C@@H]1CCCO1. The molecule has 1 aromatic rings. The Morgan fingerprint density at radius 1 is 1.61 bits per heavy atom. The third-order valence-electron chi connectivity index (χ3n) is 2.72. The van der Waals surface area contributed by atoms with Crippen LogP contribution in [0.2, 0.25) is 0 Å². The summed E-state index contributed by atoms with van der Waals surface area (Å²) in [7, 11) is 0. The zero-order valence-electron chi connectivity index (χ0n) is 10.3. The predicted molar refractivity (Wildman–Crippen MR) is 69.3 cm³/mol. The van der Waals surface area contributed by atoms with E-state index in [1.807, 2.05) is 6.92 Å². The molecular formula is C12H17N3O2S. The van der Waals surface area contributed by atoms with E-state index in [-0.39, 0.29) is 17.3 Å². The van der Waals surface area contributed by atoms with Crippen molar-refractivity contribution in [3.8, 4) is 0 Å². The molecule has 1 N–H and O–H groups in total. The summed E-state index contributed by atoms with van der Waals surface area (Å²) in [6.07, 6.45) is 5.64. The quantitative estimate of drug-likeness (QED) is 0.642. The Hall–Kier alpha value is -1.14. The number of aromatic nitrogens is 2. The average Bonchev–Trinajstić information content (AvgIpc) is 2.90. The molecule has 2 atom stereocenters. The Balaban J connectivity index is 1.74. The van der Waals surface area contributed by atoms with Crippen LogP contribution in [-0.4, -0.2) is 40.4 Å². The van der Waals surface area contributed by atoms with E-state index in [1.54, 1.807) is 18.5 Å². The van der Waals surface area contributed by atoms with Gasteiger partial charge in [0.15, 0.2) is 5.16 Å². The van der Waals surface area contributed by atoms with Crippen LogP contribution in [0.25, 0.3) is 0 Å². The smallest absolute Gasteiger partial charge is 0.233 e. The first-order valence-corrected chi connectivity index (χ1v) is 6.96. The lowest BCUT2D eigenvalue weighted by Gasteiger charge is -2.13. The summed E-state index contributed by atoms with van der Waals surface area (Å²) in [5, 5.41) is 3.33. The standard InChI is InChI=1S/C12H17N3O2S/c1-9(18-12-13-5-3-6-14-12)11(16)15-8-10-4-2-7-17-10/h3,5-6,9-10H,2,4,7-8H2,1H3,(H,15,16)/t9-,10-/m0/s1. The monoisotopic (exact) mass is 267 g/mol. The van der Waals surface area contributed by atoms with Gasteiger partial charge in [0, 0.05) is 25.5 Å². The van der Waals surface area contributed by atoms with Crippen molar-refractivity contribution in [3.05, 3.63) is 18.5 Å². The Morgan fingerprint density at radius 3 is 3.06 bits per heavy atom. The maximum atomic E-state index is 11.9. The zero-order valence-corrected chi connectivity index (χ0v) is 11.2. The van der Waals surface area contributed by atoms with Gasteiger partial charge in [0.05, 0.1) is 11.4 Å². The van der Waals surface area contributed by atoms with E-state index in [0.717, 1.165) is 19.4 Å². The van der Waals surface area contributed by atoms with Gasteiger partial charge in [-0.05, 0) is 25.8 Å².